The van der Waals surface area contributed by atoms with Gasteiger partial charge in [0.1, 0.15) is 0 Å². The molecule has 0 spiro atoms. The van der Waals surface area contributed by atoms with E-state index in [1.54, 1.807) is 13.0 Å². The van der Waals surface area contributed by atoms with E-state index in [4.69, 9.17) is 16.3 Å². The Morgan fingerprint density at radius 1 is 1.33 bits per heavy atom. The summed E-state index contributed by atoms with van der Waals surface area (Å²) in [5, 5.41) is 1.94. The van der Waals surface area contributed by atoms with Gasteiger partial charge in [-0.3, -0.25) is 4.79 Å². The summed E-state index contributed by atoms with van der Waals surface area (Å²) in [5.74, 6) is 0.705. The fourth-order valence-electron chi connectivity index (χ4n) is 3.27. The van der Waals surface area contributed by atoms with Gasteiger partial charge in [-0.1, -0.05) is 18.5 Å². The minimum Gasteiger partial charge on any atom is -0.467 e. The molecule has 30 heavy (non-hydrogen) atoms. The second kappa shape index (κ2) is 9.07. The first kappa shape index (κ1) is 22.1. The Morgan fingerprint density at radius 3 is 2.80 bits per heavy atom. The van der Waals surface area contributed by atoms with E-state index in [1.165, 1.54) is 6.07 Å². The molecule has 1 aliphatic heterocycles. The average molecular weight is 443 g/mol. The molecule has 1 N–H and O–H groups in total. The van der Waals surface area contributed by atoms with Crippen molar-refractivity contribution >= 4 is 29.1 Å². The summed E-state index contributed by atoms with van der Waals surface area (Å²) in [6.07, 6.45) is -2.40. The molecule has 0 bridgehead atoms. The van der Waals surface area contributed by atoms with Crippen LogP contribution in [0.3, 0.4) is 0 Å². The highest BCUT2D eigenvalue weighted by molar-refractivity contribution is 6.31. The van der Waals surface area contributed by atoms with Crippen molar-refractivity contribution in [3.05, 3.63) is 40.5 Å². The first-order chi connectivity index (χ1) is 14.1. The van der Waals surface area contributed by atoms with Crippen molar-refractivity contribution in [1.29, 1.82) is 0 Å². The van der Waals surface area contributed by atoms with E-state index in [2.05, 4.69) is 27.1 Å². The molecule has 3 rings (SSSR count). The van der Waals surface area contributed by atoms with Crippen LogP contribution >= 0.6 is 11.6 Å². The van der Waals surface area contributed by atoms with Crippen molar-refractivity contribution in [2.24, 2.45) is 5.92 Å². The van der Waals surface area contributed by atoms with Gasteiger partial charge in [0.05, 0.1) is 10.6 Å². The molecule has 6 nitrogen and oxygen atoms in total. The zero-order valence-corrected chi connectivity index (χ0v) is 17.3. The Balaban J connectivity index is 1.64. The molecule has 0 unspecified atom stereocenters. The molecule has 2 heterocycles. The molecule has 0 radical (unpaired) electrons. The molecule has 1 atom stereocenters. The maximum Gasteiger partial charge on any atom is 0.417 e. The van der Waals surface area contributed by atoms with Crippen LogP contribution in [-0.4, -0.2) is 35.6 Å². The van der Waals surface area contributed by atoms with Crippen molar-refractivity contribution in [3.8, 4) is 5.88 Å². The number of rotatable bonds is 5. The molecular weight excluding hydrogens is 421 g/mol. The summed E-state index contributed by atoms with van der Waals surface area (Å²) in [6, 6.07) is 4.76. The summed E-state index contributed by atoms with van der Waals surface area (Å²) < 4.78 is 44.3. The van der Waals surface area contributed by atoms with Crippen molar-refractivity contribution in [3.63, 3.8) is 0 Å². The van der Waals surface area contributed by atoms with Crippen LogP contribution in [0.5, 0.6) is 5.88 Å². The third-order valence-corrected chi connectivity index (χ3v) is 5.00. The van der Waals surface area contributed by atoms with Gasteiger partial charge >= 0.3 is 6.18 Å². The Hall–Kier alpha value is -2.55. The maximum atomic E-state index is 12.9. The van der Waals surface area contributed by atoms with E-state index in [0.717, 1.165) is 38.1 Å². The van der Waals surface area contributed by atoms with Gasteiger partial charge in [-0.25, -0.2) is 4.98 Å². The Labute approximate surface area is 177 Å². The number of anilines is 2. The number of nitrogens with one attached hydrogen (secondary N) is 1. The molecule has 1 aromatic carbocycles. The number of alkyl halides is 3. The Morgan fingerprint density at radius 2 is 2.10 bits per heavy atom. The number of benzene rings is 1. The van der Waals surface area contributed by atoms with Crippen LogP contribution in [0.2, 0.25) is 5.02 Å². The normalized spacial score (nSPS) is 17.0. The third kappa shape index (κ3) is 5.75. The van der Waals surface area contributed by atoms with Crippen LogP contribution in [0.4, 0.5) is 24.8 Å². The van der Waals surface area contributed by atoms with Gasteiger partial charge in [-0.15, -0.1) is 0 Å². The van der Waals surface area contributed by atoms with Gasteiger partial charge in [-0.05, 0) is 43.9 Å². The summed E-state index contributed by atoms with van der Waals surface area (Å²) in [6.45, 7) is 5.27. The number of carbonyl (C=O) groups excluding carboxylic acids is 1. The molecular formula is C20H22ClF3N4O2. The van der Waals surface area contributed by atoms with E-state index in [9.17, 15) is 18.0 Å². The molecule has 162 valence electrons. The highest BCUT2D eigenvalue weighted by Crippen LogP contribution is 2.36. The number of hydrogen-bond donors (Lipinski definition) is 1. The molecule has 1 amide bonds. The maximum absolute atomic E-state index is 12.9. The molecule has 1 fully saturated rings. The van der Waals surface area contributed by atoms with Crippen LogP contribution < -0.4 is 15.0 Å². The first-order valence-corrected chi connectivity index (χ1v) is 9.89. The molecule has 2 aromatic rings. The minimum absolute atomic E-state index is 0.0258. The standard InChI is InChI=1S/C20H22ClF3N4O2/c1-12-4-3-7-28(10-12)19-25-13(2)8-18(27-19)30-11-17(29)26-14-5-6-16(21)15(9-14)20(22,23)24/h5-6,8-9,12H,3-4,7,10-11H2,1-2H3,(H,26,29)/t12-/m0/s1. The van der Waals surface area contributed by atoms with Gasteiger partial charge < -0.3 is 15.0 Å². The van der Waals surface area contributed by atoms with Crippen LogP contribution in [0, 0.1) is 12.8 Å². The monoisotopic (exact) mass is 442 g/mol. The summed E-state index contributed by atoms with van der Waals surface area (Å²) in [5.41, 5.74) is -0.349. The lowest BCUT2D eigenvalue weighted by atomic mass is 10.0. The van der Waals surface area contributed by atoms with Gasteiger partial charge in [0.25, 0.3) is 5.91 Å². The lowest BCUT2D eigenvalue weighted by Gasteiger charge is -2.31. The predicted molar refractivity (Wildman–Crippen MR) is 108 cm³/mol. The highest BCUT2D eigenvalue weighted by atomic mass is 35.5. The van der Waals surface area contributed by atoms with Gasteiger partial charge in [0, 0.05) is 30.5 Å². The number of hydrogen-bond acceptors (Lipinski definition) is 5. The van der Waals surface area contributed by atoms with Crippen molar-refractivity contribution in [1.82, 2.24) is 9.97 Å². The fourth-order valence-corrected chi connectivity index (χ4v) is 3.49. The van der Waals surface area contributed by atoms with Crippen LogP contribution in [0.1, 0.15) is 31.0 Å². The second-order valence-corrected chi connectivity index (χ2v) is 7.78. The SMILES string of the molecule is Cc1cc(OCC(=O)Nc2ccc(Cl)c(C(F)(F)F)c2)nc(N2CCC[C@H](C)C2)n1. The van der Waals surface area contributed by atoms with Crippen molar-refractivity contribution in [2.75, 3.05) is 29.9 Å². The molecule has 1 aliphatic rings. The van der Waals surface area contributed by atoms with E-state index in [-0.39, 0.29) is 11.6 Å². The van der Waals surface area contributed by atoms with Crippen LogP contribution in [-0.2, 0) is 11.0 Å². The topological polar surface area (TPSA) is 67.3 Å². The fraction of sp³-hybridized carbons (Fsp3) is 0.450. The Kier molecular flexibility index (Phi) is 6.70. The van der Waals surface area contributed by atoms with Crippen molar-refractivity contribution < 1.29 is 22.7 Å². The number of amides is 1. The second-order valence-electron chi connectivity index (χ2n) is 7.37. The minimum atomic E-state index is -4.62. The Bertz CT molecular complexity index is 923. The number of nitrogens with zero attached hydrogens (tertiary/aromatic N) is 3. The summed E-state index contributed by atoms with van der Waals surface area (Å²) in [7, 11) is 0. The number of halogens is 4. The first-order valence-electron chi connectivity index (χ1n) is 9.52. The van der Waals surface area contributed by atoms with Crippen LogP contribution in [0.25, 0.3) is 0 Å². The lowest BCUT2D eigenvalue weighted by molar-refractivity contribution is -0.137. The van der Waals surface area contributed by atoms with Crippen molar-refractivity contribution in [2.45, 2.75) is 32.9 Å². The number of carbonyl (C=O) groups is 1. The van der Waals surface area contributed by atoms with E-state index >= 15 is 0 Å². The number of aromatic nitrogens is 2. The molecule has 0 aliphatic carbocycles. The molecule has 1 saturated heterocycles. The predicted octanol–water partition coefficient (Wildman–Crippen LogP) is 4.71. The summed E-state index contributed by atoms with van der Waals surface area (Å²) in [4.78, 5) is 23.0. The number of aryl methyl sites for hydroxylation is 1. The average Bonchev–Trinajstić information content (AvgIpc) is 2.66. The van der Waals surface area contributed by atoms with E-state index in [1.807, 2.05) is 0 Å². The van der Waals surface area contributed by atoms with Gasteiger partial charge in [0.15, 0.2) is 6.61 Å². The zero-order chi connectivity index (χ0) is 21.9. The highest BCUT2D eigenvalue weighted by Gasteiger charge is 2.33. The molecule has 10 heteroatoms. The lowest BCUT2D eigenvalue weighted by Crippen LogP contribution is -2.35. The summed E-state index contributed by atoms with van der Waals surface area (Å²) >= 11 is 5.59. The third-order valence-electron chi connectivity index (χ3n) is 4.67. The van der Waals surface area contributed by atoms with E-state index in [0.29, 0.717) is 17.6 Å². The van der Waals surface area contributed by atoms with Gasteiger partial charge in [0.2, 0.25) is 11.8 Å². The number of piperidine rings is 1. The smallest absolute Gasteiger partial charge is 0.417 e. The molecule has 1 aromatic heterocycles. The quantitative estimate of drug-likeness (QED) is 0.726. The largest absolute Gasteiger partial charge is 0.467 e. The van der Waals surface area contributed by atoms with E-state index < -0.39 is 29.3 Å². The zero-order valence-electron chi connectivity index (χ0n) is 16.6. The number of ether oxygens (including phenoxy) is 1. The van der Waals surface area contributed by atoms with Gasteiger partial charge in [-0.2, -0.15) is 18.2 Å². The van der Waals surface area contributed by atoms with Crippen LogP contribution in [0.15, 0.2) is 24.3 Å². The molecule has 0 saturated carbocycles.